The molecule has 0 radical (unpaired) electrons. The summed E-state index contributed by atoms with van der Waals surface area (Å²) >= 11 is 0. The van der Waals surface area contributed by atoms with Crippen LogP contribution in [0.5, 0.6) is 0 Å². The van der Waals surface area contributed by atoms with Crippen LogP contribution in [-0.4, -0.2) is 44.4 Å². The van der Waals surface area contributed by atoms with Crippen molar-refractivity contribution in [3.8, 4) is 22.4 Å². The van der Waals surface area contributed by atoms with Gasteiger partial charge in [-0.2, -0.15) is 5.10 Å². The van der Waals surface area contributed by atoms with Gasteiger partial charge in [-0.05, 0) is 29.9 Å². The number of hydrogen-bond acceptors (Lipinski definition) is 4. The molecule has 0 aliphatic carbocycles. The number of aliphatic hydroxyl groups is 1. The van der Waals surface area contributed by atoms with Gasteiger partial charge in [0.1, 0.15) is 0 Å². The van der Waals surface area contributed by atoms with Crippen molar-refractivity contribution in [2.75, 3.05) is 13.1 Å². The summed E-state index contributed by atoms with van der Waals surface area (Å²) in [5, 5.41) is 16.2. The number of nitrogens with zero attached hydrogens (tertiary/aromatic N) is 3. The molecule has 2 heterocycles. The van der Waals surface area contributed by atoms with E-state index in [1.807, 2.05) is 95.9 Å². The van der Waals surface area contributed by atoms with E-state index in [4.69, 9.17) is 5.10 Å². The molecule has 0 unspecified atom stereocenters. The average Bonchev–Trinajstić information content (AvgIpc) is 2.95. The third-order valence-electron chi connectivity index (χ3n) is 7.47. The lowest BCUT2D eigenvalue weighted by Gasteiger charge is -2.38. The second kappa shape index (κ2) is 11.2. The van der Waals surface area contributed by atoms with Crippen molar-refractivity contribution in [3.05, 3.63) is 113 Å². The summed E-state index contributed by atoms with van der Waals surface area (Å²) in [6.07, 6.45) is 1.23. The minimum absolute atomic E-state index is 0.0865. The summed E-state index contributed by atoms with van der Waals surface area (Å²) in [4.78, 5) is 28.0. The smallest absolute Gasteiger partial charge is 0.267 e. The van der Waals surface area contributed by atoms with Crippen molar-refractivity contribution in [1.29, 1.82) is 0 Å². The van der Waals surface area contributed by atoms with Crippen molar-refractivity contribution in [1.82, 2.24) is 14.7 Å². The summed E-state index contributed by atoms with van der Waals surface area (Å²) < 4.78 is 1.38. The van der Waals surface area contributed by atoms with Gasteiger partial charge < -0.3 is 10.0 Å². The van der Waals surface area contributed by atoms with Gasteiger partial charge in [0, 0.05) is 36.7 Å². The zero-order valence-corrected chi connectivity index (χ0v) is 21.7. The highest BCUT2D eigenvalue weighted by Gasteiger charge is 2.35. The Morgan fingerprint density at radius 1 is 0.895 bits per heavy atom. The monoisotopic (exact) mass is 507 g/mol. The van der Waals surface area contributed by atoms with E-state index in [2.05, 4.69) is 6.92 Å². The number of rotatable bonds is 7. The van der Waals surface area contributed by atoms with E-state index in [1.165, 1.54) is 4.68 Å². The van der Waals surface area contributed by atoms with Gasteiger partial charge in [-0.15, -0.1) is 0 Å². The normalized spacial score (nSPS) is 15.7. The minimum Gasteiger partial charge on any atom is -0.388 e. The number of amides is 1. The molecule has 1 atom stereocenters. The predicted octanol–water partition coefficient (Wildman–Crippen LogP) is 5.12. The molecule has 3 aromatic carbocycles. The predicted molar refractivity (Wildman–Crippen MR) is 150 cm³/mol. The number of piperidine rings is 1. The molecule has 0 spiro atoms. The van der Waals surface area contributed by atoms with Gasteiger partial charge in [0.15, 0.2) is 0 Å². The Morgan fingerprint density at radius 3 is 2.05 bits per heavy atom. The van der Waals surface area contributed by atoms with Crippen molar-refractivity contribution in [3.63, 3.8) is 0 Å². The van der Waals surface area contributed by atoms with Crippen LogP contribution in [0.1, 0.15) is 37.7 Å². The molecular weight excluding hydrogens is 474 g/mol. The van der Waals surface area contributed by atoms with Crippen molar-refractivity contribution >= 4 is 5.91 Å². The van der Waals surface area contributed by atoms with Crippen LogP contribution in [0.4, 0.5) is 0 Å². The van der Waals surface area contributed by atoms with Crippen LogP contribution in [0.2, 0.25) is 0 Å². The Hall–Kier alpha value is -4.03. The Labute approximate surface area is 223 Å². The number of hydrogen-bond donors (Lipinski definition) is 1. The first-order valence-corrected chi connectivity index (χ1v) is 13.2. The molecular formula is C32H33N3O3. The van der Waals surface area contributed by atoms with Gasteiger partial charge in [0.25, 0.3) is 5.56 Å². The fraction of sp³-hybridized carbons (Fsp3) is 0.281. The second-order valence-electron chi connectivity index (χ2n) is 10.3. The highest BCUT2D eigenvalue weighted by atomic mass is 16.3. The van der Waals surface area contributed by atoms with Crippen LogP contribution in [0.3, 0.4) is 0 Å². The quantitative estimate of drug-likeness (QED) is 0.377. The molecule has 1 saturated heterocycles. The maximum Gasteiger partial charge on any atom is 0.267 e. The van der Waals surface area contributed by atoms with Gasteiger partial charge in [-0.25, -0.2) is 4.68 Å². The summed E-state index contributed by atoms with van der Waals surface area (Å²) in [5.74, 6) is 0.226. The van der Waals surface area contributed by atoms with Gasteiger partial charge in [-0.1, -0.05) is 97.9 Å². The molecule has 6 nitrogen and oxygen atoms in total. The van der Waals surface area contributed by atoms with Crippen LogP contribution < -0.4 is 5.56 Å². The Morgan fingerprint density at radius 2 is 1.45 bits per heavy atom. The van der Waals surface area contributed by atoms with E-state index in [9.17, 15) is 14.7 Å². The topological polar surface area (TPSA) is 75.4 Å². The summed E-state index contributed by atoms with van der Waals surface area (Å²) in [5.41, 5.74) is 3.06. The van der Waals surface area contributed by atoms with Gasteiger partial charge >= 0.3 is 0 Å². The largest absolute Gasteiger partial charge is 0.388 e. The van der Waals surface area contributed by atoms with E-state index < -0.39 is 5.60 Å². The fourth-order valence-corrected chi connectivity index (χ4v) is 5.15. The van der Waals surface area contributed by atoms with E-state index in [-0.39, 0.29) is 23.9 Å². The molecule has 4 aromatic rings. The molecule has 1 amide bonds. The Kier molecular flexibility index (Phi) is 7.52. The molecule has 0 saturated carbocycles. The van der Waals surface area contributed by atoms with E-state index in [0.29, 0.717) is 38.0 Å². The molecule has 1 aliphatic rings. The third-order valence-corrected chi connectivity index (χ3v) is 7.47. The summed E-state index contributed by atoms with van der Waals surface area (Å²) in [6, 6.07) is 31.2. The van der Waals surface area contributed by atoms with Crippen molar-refractivity contribution < 1.29 is 9.90 Å². The molecule has 1 fully saturated rings. The molecule has 38 heavy (non-hydrogen) atoms. The highest BCUT2D eigenvalue weighted by Crippen LogP contribution is 2.30. The molecule has 1 N–H and O–H groups in total. The van der Waals surface area contributed by atoms with Crippen molar-refractivity contribution in [2.45, 2.75) is 44.2 Å². The number of benzene rings is 3. The van der Waals surface area contributed by atoms with Crippen molar-refractivity contribution in [2.24, 2.45) is 0 Å². The average molecular weight is 508 g/mol. The van der Waals surface area contributed by atoms with Crippen LogP contribution >= 0.6 is 0 Å². The maximum atomic E-state index is 13.2. The zero-order chi connectivity index (χ0) is 26.5. The summed E-state index contributed by atoms with van der Waals surface area (Å²) in [7, 11) is 0. The molecule has 0 bridgehead atoms. The van der Waals surface area contributed by atoms with Gasteiger partial charge in [0.2, 0.25) is 5.91 Å². The van der Waals surface area contributed by atoms with Crippen LogP contribution in [-0.2, 0) is 11.3 Å². The Balaban J connectivity index is 1.32. The van der Waals surface area contributed by atoms with Crippen LogP contribution in [0.15, 0.2) is 102 Å². The molecule has 194 valence electrons. The first kappa shape index (κ1) is 25.6. The summed E-state index contributed by atoms with van der Waals surface area (Å²) in [6.45, 7) is 3.07. The Bertz CT molecular complexity index is 1430. The number of carbonyl (C=O) groups is 1. The van der Waals surface area contributed by atoms with E-state index in [0.717, 1.165) is 22.3 Å². The molecule has 1 aromatic heterocycles. The standard InChI is InChI=1S/C32H33N3O3/c1-24(25-11-5-2-6-12-25)21-29(36)34-19-17-32(38,18-20-34)23-35-30(37)22-28(26-13-7-3-8-14-26)31(33-35)27-15-9-4-10-16-27/h2-16,22,24,38H,17-21,23H2,1H3/t24-/m1/s1. The number of likely N-dealkylation sites (tertiary alicyclic amines) is 1. The fourth-order valence-electron chi connectivity index (χ4n) is 5.15. The third kappa shape index (κ3) is 5.76. The highest BCUT2D eigenvalue weighted by molar-refractivity contribution is 5.80. The minimum atomic E-state index is -1.11. The first-order chi connectivity index (χ1) is 18.4. The molecule has 6 heteroatoms. The van der Waals surface area contributed by atoms with Crippen LogP contribution in [0, 0.1) is 0 Å². The zero-order valence-electron chi connectivity index (χ0n) is 21.7. The first-order valence-electron chi connectivity index (χ1n) is 13.2. The molecule has 5 rings (SSSR count). The number of aromatic nitrogens is 2. The van der Waals surface area contributed by atoms with Crippen LogP contribution in [0.25, 0.3) is 22.4 Å². The second-order valence-corrected chi connectivity index (χ2v) is 10.3. The lowest BCUT2D eigenvalue weighted by Crippen LogP contribution is -2.50. The van der Waals surface area contributed by atoms with E-state index >= 15 is 0 Å². The SMILES string of the molecule is C[C@H](CC(=O)N1CCC(O)(Cn2nc(-c3ccccc3)c(-c3ccccc3)cc2=O)CC1)c1ccccc1. The number of carbonyl (C=O) groups excluding carboxylic acids is 1. The van der Waals surface area contributed by atoms with Gasteiger partial charge in [-0.3, -0.25) is 9.59 Å². The van der Waals surface area contributed by atoms with E-state index in [1.54, 1.807) is 6.07 Å². The lowest BCUT2D eigenvalue weighted by molar-refractivity contribution is -0.136. The lowest BCUT2D eigenvalue weighted by atomic mass is 9.90. The molecule has 1 aliphatic heterocycles. The van der Waals surface area contributed by atoms with Gasteiger partial charge in [0.05, 0.1) is 17.8 Å². The maximum absolute atomic E-state index is 13.2.